The third kappa shape index (κ3) is 5.64. The van der Waals surface area contributed by atoms with E-state index in [0.29, 0.717) is 5.13 Å². The maximum Gasteiger partial charge on any atom is 0.325 e. The molecule has 30 heavy (non-hydrogen) atoms. The van der Waals surface area contributed by atoms with Crippen molar-refractivity contribution >= 4 is 28.8 Å². The van der Waals surface area contributed by atoms with Crippen LogP contribution in [-0.4, -0.2) is 39.5 Å². The summed E-state index contributed by atoms with van der Waals surface area (Å²) in [5.74, 6) is 0.419. The van der Waals surface area contributed by atoms with E-state index in [2.05, 4.69) is 20.3 Å². The van der Waals surface area contributed by atoms with Crippen LogP contribution in [0.3, 0.4) is 0 Å². The molecule has 158 valence electrons. The van der Waals surface area contributed by atoms with Crippen molar-refractivity contribution in [3.63, 3.8) is 0 Å². The van der Waals surface area contributed by atoms with Crippen molar-refractivity contribution in [3.8, 4) is 17.0 Å². The number of carbonyl (C=O) groups is 2. The Morgan fingerprint density at radius 3 is 2.63 bits per heavy atom. The summed E-state index contributed by atoms with van der Waals surface area (Å²) in [4.78, 5) is 52.1. The summed E-state index contributed by atoms with van der Waals surface area (Å²) in [6.07, 6.45) is 1.07. The molecule has 0 bridgehead atoms. The van der Waals surface area contributed by atoms with Crippen LogP contribution in [0, 0.1) is 13.8 Å². The number of benzene rings is 1. The normalized spacial score (nSPS) is 9.97. The number of thiazole rings is 1. The first-order valence-corrected chi connectivity index (χ1v) is 9.46. The summed E-state index contributed by atoms with van der Waals surface area (Å²) in [6, 6.07) is 3.94. The first-order valence-electron chi connectivity index (χ1n) is 8.58. The summed E-state index contributed by atoms with van der Waals surface area (Å²) in [7, 11) is 1.63. The third-order valence-corrected chi connectivity index (χ3v) is 4.77. The van der Waals surface area contributed by atoms with Crippen LogP contribution in [0.25, 0.3) is 11.3 Å². The first-order chi connectivity index (χ1) is 14.3. The third-order valence-electron chi connectivity index (χ3n) is 4.02. The molecular weight excluding hydrogens is 412 g/mol. The Kier molecular flexibility index (Phi) is 7.64. The fourth-order valence-corrected chi connectivity index (χ4v) is 3.37. The highest BCUT2D eigenvalue weighted by atomic mass is 32.1. The van der Waals surface area contributed by atoms with Crippen molar-refractivity contribution in [1.82, 2.24) is 15.0 Å². The van der Waals surface area contributed by atoms with E-state index < -0.39 is 17.2 Å². The lowest BCUT2D eigenvalue weighted by Crippen LogP contribution is -2.27. The molecule has 3 rings (SSSR count). The number of hydrogen-bond donors (Lipinski definition) is 4. The lowest BCUT2D eigenvalue weighted by atomic mass is 10.0. The summed E-state index contributed by atoms with van der Waals surface area (Å²) in [5.41, 5.74) is 2.69. The zero-order valence-corrected chi connectivity index (χ0v) is 17.3. The molecule has 0 spiro atoms. The lowest BCUT2D eigenvalue weighted by Gasteiger charge is -2.09. The zero-order valence-electron chi connectivity index (χ0n) is 16.4. The second-order valence-corrected chi connectivity index (χ2v) is 6.96. The SMILES string of the molecule is COc1cc(C)c(-c2csc(NC(=O)Cc3c[nH]c(=O)[nH]c3=O)n2)cc1C.O=CO. The number of H-pyrrole nitrogens is 2. The van der Waals surface area contributed by atoms with Gasteiger partial charge in [0.25, 0.3) is 12.0 Å². The number of carboxylic acid groups (broad SMARTS) is 1. The Bertz CT molecular complexity index is 1160. The summed E-state index contributed by atoms with van der Waals surface area (Å²) >= 11 is 1.30. The number of aryl methyl sites for hydroxylation is 2. The summed E-state index contributed by atoms with van der Waals surface area (Å²) in [5, 5.41) is 11.9. The Hall–Kier alpha value is -3.73. The van der Waals surface area contributed by atoms with Gasteiger partial charge < -0.3 is 20.1 Å². The number of amides is 1. The van der Waals surface area contributed by atoms with Crippen LogP contribution in [0.5, 0.6) is 5.75 Å². The Morgan fingerprint density at radius 1 is 1.30 bits per heavy atom. The molecule has 3 aromatic rings. The largest absolute Gasteiger partial charge is 0.496 e. The number of rotatable bonds is 5. The van der Waals surface area contributed by atoms with Gasteiger partial charge in [-0.15, -0.1) is 11.3 Å². The van der Waals surface area contributed by atoms with Crippen LogP contribution in [0.15, 0.2) is 33.3 Å². The molecule has 2 heterocycles. The van der Waals surface area contributed by atoms with Crippen molar-refractivity contribution in [2.75, 3.05) is 12.4 Å². The van der Waals surface area contributed by atoms with Crippen molar-refractivity contribution in [3.05, 3.63) is 61.2 Å². The Labute approximate surface area is 174 Å². The van der Waals surface area contributed by atoms with Crippen LogP contribution in [0.1, 0.15) is 16.7 Å². The number of nitrogens with zero attached hydrogens (tertiary/aromatic N) is 1. The fourth-order valence-electron chi connectivity index (χ4n) is 2.65. The molecule has 0 saturated carbocycles. The van der Waals surface area contributed by atoms with Crippen LogP contribution in [-0.2, 0) is 16.0 Å². The minimum Gasteiger partial charge on any atom is -0.496 e. The van der Waals surface area contributed by atoms with Crippen LogP contribution >= 0.6 is 11.3 Å². The zero-order chi connectivity index (χ0) is 22.3. The topological polar surface area (TPSA) is 154 Å². The van der Waals surface area contributed by atoms with Crippen molar-refractivity contribution in [2.45, 2.75) is 20.3 Å². The van der Waals surface area contributed by atoms with Gasteiger partial charge in [0.05, 0.1) is 19.2 Å². The predicted molar refractivity (Wildman–Crippen MR) is 112 cm³/mol. The van der Waals surface area contributed by atoms with E-state index in [9.17, 15) is 14.4 Å². The van der Waals surface area contributed by atoms with Crippen LogP contribution < -0.4 is 21.3 Å². The average molecular weight is 432 g/mol. The molecule has 0 fully saturated rings. The first kappa shape index (κ1) is 22.6. The molecule has 0 aliphatic carbocycles. The van der Waals surface area contributed by atoms with Gasteiger partial charge in [0, 0.05) is 22.7 Å². The summed E-state index contributed by atoms with van der Waals surface area (Å²) < 4.78 is 5.32. The molecule has 11 heteroatoms. The maximum atomic E-state index is 12.2. The van der Waals surface area contributed by atoms with E-state index >= 15 is 0 Å². The molecule has 0 atom stereocenters. The van der Waals surface area contributed by atoms with Gasteiger partial charge in [-0.3, -0.25) is 19.4 Å². The van der Waals surface area contributed by atoms with E-state index in [-0.39, 0.29) is 18.5 Å². The number of hydrogen-bond acceptors (Lipinski definition) is 7. The molecule has 0 radical (unpaired) electrons. The average Bonchev–Trinajstić information content (AvgIpc) is 3.14. The van der Waals surface area contributed by atoms with Gasteiger partial charge in [0.2, 0.25) is 5.91 Å². The van der Waals surface area contributed by atoms with Gasteiger partial charge in [-0.25, -0.2) is 9.78 Å². The maximum absolute atomic E-state index is 12.2. The fraction of sp³-hybridized carbons (Fsp3) is 0.211. The molecule has 10 nitrogen and oxygen atoms in total. The van der Waals surface area contributed by atoms with Crippen LogP contribution in [0.2, 0.25) is 0 Å². The molecule has 4 N–H and O–H groups in total. The molecule has 0 aliphatic rings. The van der Waals surface area contributed by atoms with Crippen LogP contribution in [0.4, 0.5) is 5.13 Å². The highest BCUT2D eigenvalue weighted by molar-refractivity contribution is 7.14. The van der Waals surface area contributed by atoms with Gasteiger partial charge >= 0.3 is 5.69 Å². The van der Waals surface area contributed by atoms with Crippen molar-refractivity contribution in [2.24, 2.45) is 0 Å². The molecule has 0 saturated heterocycles. The van der Waals surface area contributed by atoms with E-state index in [1.807, 2.05) is 31.4 Å². The van der Waals surface area contributed by atoms with E-state index in [1.165, 1.54) is 17.5 Å². The molecule has 1 amide bonds. The highest BCUT2D eigenvalue weighted by Gasteiger charge is 2.13. The van der Waals surface area contributed by atoms with Gasteiger partial charge in [-0.05, 0) is 37.1 Å². The number of carbonyl (C=O) groups excluding carboxylic acids is 1. The Morgan fingerprint density at radius 2 is 2.00 bits per heavy atom. The number of ether oxygens (including phenoxy) is 1. The molecule has 2 aromatic heterocycles. The van der Waals surface area contributed by atoms with E-state index in [4.69, 9.17) is 14.6 Å². The van der Waals surface area contributed by atoms with E-state index in [0.717, 1.165) is 28.1 Å². The smallest absolute Gasteiger partial charge is 0.325 e. The predicted octanol–water partition coefficient (Wildman–Crippen LogP) is 1.69. The van der Waals surface area contributed by atoms with Gasteiger partial charge in [-0.1, -0.05) is 0 Å². The summed E-state index contributed by atoms with van der Waals surface area (Å²) in [6.45, 7) is 3.68. The Balaban J connectivity index is 0.00000101. The quantitative estimate of drug-likeness (QED) is 0.447. The number of methoxy groups -OCH3 is 1. The lowest BCUT2D eigenvalue weighted by molar-refractivity contribution is -0.123. The minimum atomic E-state index is -0.612. The van der Waals surface area contributed by atoms with Gasteiger partial charge in [0.15, 0.2) is 5.13 Å². The monoisotopic (exact) mass is 432 g/mol. The second kappa shape index (κ2) is 10.2. The van der Waals surface area contributed by atoms with Crippen molar-refractivity contribution in [1.29, 1.82) is 0 Å². The second-order valence-electron chi connectivity index (χ2n) is 6.10. The number of aromatic amines is 2. The standard InChI is InChI=1S/C18H18N4O4S.CH2O2/c1-9-5-14(26-3)10(2)4-12(9)13-8-27-18(20-13)21-15(23)6-11-7-19-17(25)22-16(11)24;2-1-3/h4-5,7-8H,6H2,1-3H3,(H,20,21,23)(H2,19,22,24,25);1H,(H,2,3). The van der Waals surface area contributed by atoms with Gasteiger partial charge in [-0.2, -0.15) is 0 Å². The van der Waals surface area contributed by atoms with Crippen molar-refractivity contribution < 1.29 is 19.4 Å². The van der Waals surface area contributed by atoms with Gasteiger partial charge in [0.1, 0.15) is 5.75 Å². The number of anilines is 1. The molecule has 0 unspecified atom stereocenters. The highest BCUT2D eigenvalue weighted by Crippen LogP contribution is 2.32. The van der Waals surface area contributed by atoms with E-state index in [1.54, 1.807) is 7.11 Å². The molecular formula is C19H20N4O6S. The number of aromatic nitrogens is 3. The minimum absolute atomic E-state index is 0.165. The number of nitrogens with one attached hydrogen (secondary N) is 3. The molecule has 0 aliphatic heterocycles. The molecule has 1 aromatic carbocycles.